The summed E-state index contributed by atoms with van der Waals surface area (Å²) < 4.78 is 0. The second-order valence-corrected chi connectivity index (χ2v) is 7.58. The Hall–Kier alpha value is -0.130. The van der Waals surface area contributed by atoms with E-state index in [9.17, 15) is 0 Å². The van der Waals surface area contributed by atoms with Crippen LogP contribution < -0.4 is 0 Å². The molecule has 0 aromatic rings. The van der Waals surface area contributed by atoms with E-state index in [1.54, 1.807) is 0 Å². The predicted molar refractivity (Wildman–Crippen MR) is 84.1 cm³/mol. The van der Waals surface area contributed by atoms with Crippen LogP contribution in [0, 0.1) is 17.3 Å². The largest absolute Gasteiger partial charge is 0.288 e. The van der Waals surface area contributed by atoms with E-state index in [0.29, 0.717) is 11.5 Å². The van der Waals surface area contributed by atoms with Crippen LogP contribution >= 0.6 is 11.8 Å². The third-order valence-electron chi connectivity index (χ3n) is 3.22. The van der Waals surface area contributed by atoms with Gasteiger partial charge in [-0.15, -0.1) is 5.92 Å². The maximum absolute atomic E-state index is 3.55. The van der Waals surface area contributed by atoms with Gasteiger partial charge in [-0.3, -0.25) is 4.90 Å². The SMILES string of the molecule is CCCCC#CC(CC(C)(C)C)N1CCSCC1. The Bertz CT molecular complexity index is 276. The summed E-state index contributed by atoms with van der Waals surface area (Å²) in [5.74, 6) is 9.51. The van der Waals surface area contributed by atoms with Gasteiger partial charge in [-0.1, -0.05) is 40.0 Å². The Morgan fingerprint density at radius 3 is 2.44 bits per heavy atom. The van der Waals surface area contributed by atoms with Crippen molar-refractivity contribution in [2.24, 2.45) is 5.41 Å². The van der Waals surface area contributed by atoms with Crippen molar-refractivity contribution in [3.05, 3.63) is 0 Å². The second-order valence-electron chi connectivity index (χ2n) is 6.35. The van der Waals surface area contributed by atoms with E-state index >= 15 is 0 Å². The quantitative estimate of drug-likeness (QED) is 0.559. The number of hydrogen-bond donors (Lipinski definition) is 0. The van der Waals surface area contributed by atoms with Crippen molar-refractivity contribution >= 4 is 11.8 Å². The molecule has 1 unspecified atom stereocenters. The van der Waals surface area contributed by atoms with E-state index in [1.807, 2.05) is 0 Å². The smallest absolute Gasteiger partial charge is 0.0720 e. The highest BCUT2D eigenvalue weighted by Crippen LogP contribution is 2.25. The molecule has 0 N–H and O–H groups in total. The normalized spacial score (nSPS) is 19.1. The molecule has 1 fully saturated rings. The van der Waals surface area contributed by atoms with Gasteiger partial charge in [0.15, 0.2) is 0 Å². The second kappa shape index (κ2) is 8.12. The molecule has 1 heterocycles. The zero-order chi connectivity index (χ0) is 13.4. The van der Waals surface area contributed by atoms with Gasteiger partial charge in [0.2, 0.25) is 0 Å². The Morgan fingerprint density at radius 2 is 1.89 bits per heavy atom. The van der Waals surface area contributed by atoms with Crippen molar-refractivity contribution < 1.29 is 0 Å². The van der Waals surface area contributed by atoms with Gasteiger partial charge in [-0.2, -0.15) is 11.8 Å². The minimum atomic E-state index is 0.370. The number of hydrogen-bond acceptors (Lipinski definition) is 2. The van der Waals surface area contributed by atoms with E-state index in [1.165, 1.54) is 43.9 Å². The van der Waals surface area contributed by atoms with E-state index in [-0.39, 0.29) is 0 Å². The lowest BCUT2D eigenvalue weighted by Gasteiger charge is -2.34. The van der Waals surface area contributed by atoms with Crippen LogP contribution in [-0.2, 0) is 0 Å². The topological polar surface area (TPSA) is 3.24 Å². The van der Waals surface area contributed by atoms with Crippen LogP contribution in [0.5, 0.6) is 0 Å². The minimum Gasteiger partial charge on any atom is -0.288 e. The molecule has 2 heteroatoms. The van der Waals surface area contributed by atoms with E-state index < -0.39 is 0 Å². The molecule has 0 aromatic heterocycles. The average molecular weight is 267 g/mol. The highest BCUT2D eigenvalue weighted by molar-refractivity contribution is 7.99. The number of rotatable bonds is 4. The first-order valence-corrected chi connectivity index (χ1v) is 8.48. The molecular weight excluding hydrogens is 238 g/mol. The van der Waals surface area contributed by atoms with Crippen molar-refractivity contribution in [1.82, 2.24) is 4.90 Å². The zero-order valence-corrected chi connectivity index (χ0v) is 13.4. The molecule has 1 rings (SSSR count). The van der Waals surface area contributed by atoms with E-state index in [4.69, 9.17) is 0 Å². The van der Waals surface area contributed by atoms with Gasteiger partial charge in [0.1, 0.15) is 0 Å². The summed E-state index contributed by atoms with van der Waals surface area (Å²) in [5, 5.41) is 0. The van der Waals surface area contributed by atoms with Crippen molar-refractivity contribution in [3.63, 3.8) is 0 Å². The molecule has 1 aliphatic rings. The molecule has 0 amide bonds. The maximum atomic E-state index is 3.55. The van der Waals surface area contributed by atoms with E-state index in [2.05, 4.69) is 56.2 Å². The van der Waals surface area contributed by atoms with Crippen molar-refractivity contribution in [1.29, 1.82) is 0 Å². The monoisotopic (exact) mass is 267 g/mol. The zero-order valence-electron chi connectivity index (χ0n) is 12.6. The molecule has 0 aliphatic carbocycles. The summed E-state index contributed by atoms with van der Waals surface area (Å²) in [4.78, 5) is 2.60. The molecule has 18 heavy (non-hydrogen) atoms. The van der Waals surface area contributed by atoms with Gasteiger partial charge in [0, 0.05) is 31.0 Å². The summed E-state index contributed by atoms with van der Waals surface area (Å²) in [5.41, 5.74) is 0.370. The minimum absolute atomic E-state index is 0.370. The first kappa shape index (κ1) is 15.9. The fourth-order valence-corrected chi connectivity index (χ4v) is 3.13. The maximum Gasteiger partial charge on any atom is 0.0720 e. The van der Waals surface area contributed by atoms with Crippen molar-refractivity contribution in [3.8, 4) is 11.8 Å². The Morgan fingerprint density at radius 1 is 1.22 bits per heavy atom. The molecule has 0 spiro atoms. The average Bonchev–Trinajstić information content (AvgIpc) is 2.33. The molecule has 1 nitrogen and oxygen atoms in total. The number of nitrogens with zero attached hydrogens (tertiary/aromatic N) is 1. The fraction of sp³-hybridized carbons (Fsp3) is 0.875. The first-order chi connectivity index (χ1) is 8.53. The van der Waals surface area contributed by atoms with Crippen LogP contribution in [0.25, 0.3) is 0 Å². The summed E-state index contributed by atoms with van der Waals surface area (Å²) in [6, 6.07) is 0.475. The molecule has 0 saturated carbocycles. The van der Waals surface area contributed by atoms with Crippen molar-refractivity contribution in [2.45, 2.75) is 59.4 Å². The Labute approximate surface area is 118 Å². The van der Waals surface area contributed by atoms with Crippen molar-refractivity contribution in [2.75, 3.05) is 24.6 Å². The summed E-state index contributed by atoms with van der Waals surface area (Å²) >= 11 is 2.08. The van der Waals surface area contributed by atoms with Gasteiger partial charge < -0.3 is 0 Å². The Balaban J connectivity index is 2.57. The van der Waals surface area contributed by atoms with Gasteiger partial charge in [0.25, 0.3) is 0 Å². The summed E-state index contributed by atoms with van der Waals surface area (Å²) in [6.07, 6.45) is 4.75. The van der Waals surface area contributed by atoms with Gasteiger partial charge in [-0.05, 0) is 18.3 Å². The van der Waals surface area contributed by atoms with Gasteiger partial charge in [0.05, 0.1) is 6.04 Å². The molecule has 1 saturated heterocycles. The molecule has 1 atom stereocenters. The van der Waals surface area contributed by atoms with Crippen LogP contribution in [0.2, 0.25) is 0 Å². The Kier molecular flexibility index (Phi) is 7.19. The highest BCUT2D eigenvalue weighted by Gasteiger charge is 2.24. The van der Waals surface area contributed by atoms with Crippen LogP contribution in [0.1, 0.15) is 53.4 Å². The van der Waals surface area contributed by atoms with Crippen LogP contribution in [0.3, 0.4) is 0 Å². The third kappa shape index (κ3) is 6.71. The lowest BCUT2D eigenvalue weighted by Crippen LogP contribution is -2.42. The van der Waals surface area contributed by atoms with Gasteiger partial charge >= 0.3 is 0 Å². The number of unbranched alkanes of at least 4 members (excludes halogenated alkanes) is 2. The first-order valence-electron chi connectivity index (χ1n) is 7.33. The lowest BCUT2D eigenvalue weighted by molar-refractivity contribution is 0.201. The van der Waals surface area contributed by atoms with Gasteiger partial charge in [-0.25, -0.2) is 0 Å². The lowest BCUT2D eigenvalue weighted by atomic mass is 9.87. The standard InChI is InChI=1S/C16H29NS/c1-5-6-7-8-9-15(14-16(2,3)4)17-10-12-18-13-11-17/h15H,5-7,10-14H2,1-4H3. The molecule has 1 aliphatic heterocycles. The molecule has 0 bridgehead atoms. The number of thioether (sulfide) groups is 1. The van der Waals surface area contributed by atoms with Crippen LogP contribution in [0.4, 0.5) is 0 Å². The van der Waals surface area contributed by atoms with Crippen LogP contribution in [-0.4, -0.2) is 35.5 Å². The molecular formula is C16H29NS. The van der Waals surface area contributed by atoms with Crippen LogP contribution in [0.15, 0.2) is 0 Å². The summed E-state index contributed by atoms with van der Waals surface area (Å²) in [7, 11) is 0. The fourth-order valence-electron chi connectivity index (χ4n) is 2.20. The third-order valence-corrected chi connectivity index (χ3v) is 4.16. The predicted octanol–water partition coefficient (Wildman–Crippen LogP) is 4.03. The molecule has 0 aromatic carbocycles. The molecule has 104 valence electrons. The summed E-state index contributed by atoms with van der Waals surface area (Å²) in [6.45, 7) is 11.6. The molecule has 0 radical (unpaired) electrons. The highest BCUT2D eigenvalue weighted by atomic mass is 32.2. The van der Waals surface area contributed by atoms with E-state index in [0.717, 1.165) is 6.42 Å².